The second-order valence-electron chi connectivity index (χ2n) is 6.40. The molecule has 2 rings (SSSR count). The van der Waals surface area contributed by atoms with E-state index in [2.05, 4.69) is 4.31 Å². The fourth-order valence-electron chi connectivity index (χ4n) is 2.95. The molecule has 0 aromatic heterocycles. The molecule has 0 bridgehead atoms. The van der Waals surface area contributed by atoms with Gasteiger partial charge < -0.3 is 15.8 Å². The average Bonchev–Trinajstić information content (AvgIpc) is 2.61. The molecular formula is C19H25ClN4O2S. The molecule has 0 aliphatic carbocycles. The van der Waals surface area contributed by atoms with Gasteiger partial charge in [-0.25, -0.2) is 10.1 Å². The first-order chi connectivity index (χ1) is 12.7. The Labute approximate surface area is 169 Å². The molecule has 1 unspecified atom stereocenters. The summed E-state index contributed by atoms with van der Waals surface area (Å²) in [4.78, 5) is 11.5. The Kier molecular flexibility index (Phi) is 7.38. The van der Waals surface area contributed by atoms with Crippen molar-refractivity contribution in [3.8, 4) is 0 Å². The molecule has 0 aliphatic heterocycles. The van der Waals surface area contributed by atoms with Gasteiger partial charge in [0.05, 0.1) is 17.8 Å². The van der Waals surface area contributed by atoms with Crippen LogP contribution in [0.5, 0.6) is 0 Å². The van der Waals surface area contributed by atoms with Crippen LogP contribution in [0.25, 0.3) is 0 Å². The molecule has 5 N–H and O–H groups in total. The monoisotopic (exact) mass is 408 g/mol. The van der Waals surface area contributed by atoms with Crippen LogP contribution in [0.2, 0.25) is 5.02 Å². The average molecular weight is 409 g/mol. The maximum atomic E-state index is 11.5. The number of nitrogen functional groups attached to an aromatic ring is 1. The van der Waals surface area contributed by atoms with Gasteiger partial charge in [0.1, 0.15) is 0 Å². The Morgan fingerprint density at radius 3 is 2.41 bits per heavy atom. The van der Waals surface area contributed by atoms with Gasteiger partial charge in [0.25, 0.3) is 0 Å². The summed E-state index contributed by atoms with van der Waals surface area (Å²) in [6.07, 6.45) is 1.94. The van der Waals surface area contributed by atoms with Gasteiger partial charge in [-0.05, 0) is 48.2 Å². The van der Waals surface area contributed by atoms with E-state index in [4.69, 9.17) is 23.2 Å². The van der Waals surface area contributed by atoms with Gasteiger partial charge in [0, 0.05) is 24.5 Å². The Balaban J connectivity index is 2.46. The highest BCUT2D eigenvalue weighted by atomic mass is 35.5. The van der Waals surface area contributed by atoms with Crippen LogP contribution in [0.15, 0.2) is 36.4 Å². The summed E-state index contributed by atoms with van der Waals surface area (Å²) in [5.41, 5.74) is 9.96. The van der Waals surface area contributed by atoms with Crippen molar-refractivity contribution < 1.29 is 9.90 Å². The van der Waals surface area contributed by atoms with Gasteiger partial charge >= 0.3 is 5.97 Å². The van der Waals surface area contributed by atoms with Crippen molar-refractivity contribution in [1.29, 1.82) is 0 Å². The maximum absolute atomic E-state index is 11.5. The second-order valence-corrected chi connectivity index (χ2v) is 7.79. The molecule has 0 saturated heterocycles. The molecule has 0 spiro atoms. The normalized spacial score (nSPS) is 12.2. The third-order valence-corrected chi connectivity index (χ3v) is 5.51. The molecule has 2 aromatic rings. The fraction of sp³-hybridized carbons (Fsp3) is 0.316. The quantitative estimate of drug-likeness (QED) is 0.266. The first kappa shape index (κ1) is 21.4. The summed E-state index contributed by atoms with van der Waals surface area (Å²) in [6, 6.07) is 11.1. The molecule has 1 atom stereocenters. The Bertz CT molecular complexity index is 816. The van der Waals surface area contributed by atoms with Crippen LogP contribution < -0.4 is 16.6 Å². The van der Waals surface area contributed by atoms with Crippen LogP contribution in [-0.4, -0.2) is 35.7 Å². The van der Waals surface area contributed by atoms with E-state index in [1.165, 1.54) is 5.01 Å². The van der Waals surface area contributed by atoms with E-state index in [1.54, 1.807) is 31.1 Å². The highest BCUT2D eigenvalue weighted by molar-refractivity contribution is 7.96. The van der Waals surface area contributed by atoms with E-state index in [9.17, 15) is 9.90 Å². The highest BCUT2D eigenvalue weighted by Gasteiger charge is 2.20. The zero-order chi connectivity index (χ0) is 20.1. The number of aliphatic carboxylic acids is 1. The number of nitrogens with two attached hydrogens (primary N) is 2. The van der Waals surface area contributed by atoms with Gasteiger partial charge in [-0.2, -0.15) is 0 Å². The summed E-state index contributed by atoms with van der Waals surface area (Å²) >= 11 is 7.95. The molecule has 0 aliphatic rings. The van der Waals surface area contributed by atoms with Crippen molar-refractivity contribution in [2.45, 2.75) is 18.9 Å². The molecule has 27 heavy (non-hydrogen) atoms. The Morgan fingerprint density at radius 1 is 1.22 bits per heavy atom. The number of anilines is 2. The number of carbonyl (C=O) groups is 1. The van der Waals surface area contributed by atoms with Crippen LogP contribution in [0, 0.1) is 0 Å². The number of rotatable bonds is 8. The van der Waals surface area contributed by atoms with Crippen molar-refractivity contribution in [2.24, 2.45) is 5.84 Å². The predicted octanol–water partition coefficient (Wildman–Crippen LogP) is 3.55. The van der Waals surface area contributed by atoms with E-state index >= 15 is 0 Å². The summed E-state index contributed by atoms with van der Waals surface area (Å²) in [7, 11) is 3.68. The van der Waals surface area contributed by atoms with Crippen LogP contribution in [0.4, 0.5) is 11.4 Å². The number of benzene rings is 2. The number of hydrogen-bond acceptors (Lipinski definition) is 6. The molecule has 0 heterocycles. The van der Waals surface area contributed by atoms with Crippen molar-refractivity contribution in [3.63, 3.8) is 0 Å². The smallest absolute Gasteiger partial charge is 0.304 e. The van der Waals surface area contributed by atoms with Crippen LogP contribution in [0.3, 0.4) is 0 Å². The molecule has 0 fully saturated rings. The molecule has 0 saturated carbocycles. The van der Waals surface area contributed by atoms with Crippen LogP contribution in [0.1, 0.15) is 29.0 Å². The van der Waals surface area contributed by atoms with Gasteiger partial charge in [0.15, 0.2) is 0 Å². The third kappa shape index (κ3) is 5.52. The van der Waals surface area contributed by atoms with Gasteiger partial charge in [-0.1, -0.05) is 41.7 Å². The first-order valence-corrected chi connectivity index (χ1v) is 9.92. The number of carboxylic acid groups (broad SMARTS) is 1. The maximum Gasteiger partial charge on any atom is 0.304 e. The zero-order valence-electron chi connectivity index (χ0n) is 15.6. The van der Waals surface area contributed by atoms with E-state index in [0.29, 0.717) is 22.9 Å². The summed E-state index contributed by atoms with van der Waals surface area (Å²) in [6.45, 7) is 0.659. The molecule has 8 heteroatoms. The third-order valence-electron chi connectivity index (χ3n) is 4.39. The molecule has 0 radical (unpaired) electrons. The first-order valence-electron chi connectivity index (χ1n) is 8.36. The molecule has 2 aromatic carbocycles. The summed E-state index contributed by atoms with van der Waals surface area (Å²) < 4.78 is 2.06. The molecule has 146 valence electrons. The van der Waals surface area contributed by atoms with Crippen molar-refractivity contribution >= 4 is 40.9 Å². The lowest BCUT2D eigenvalue weighted by Gasteiger charge is -2.21. The minimum Gasteiger partial charge on any atom is -0.481 e. The standard InChI is InChI=1S/C19H25ClN4O2S/c1-23(27-3)11-14-8-12(4-6-16(14)20)15(10-19(25)26)13-5-7-18(24(2)22)17(21)9-13/h4-9,15H,10-11,21-22H2,1-3H3,(H,25,26). The van der Waals surface area contributed by atoms with Crippen molar-refractivity contribution in [3.05, 3.63) is 58.1 Å². The molecule has 0 amide bonds. The number of hydrogen-bond donors (Lipinski definition) is 3. The van der Waals surface area contributed by atoms with E-state index in [-0.39, 0.29) is 12.3 Å². The van der Waals surface area contributed by atoms with Crippen molar-refractivity contribution in [1.82, 2.24) is 4.31 Å². The molecular weight excluding hydrogens is 384 g/mol. The van der Waals surface area contributed by atoms with Gasteiger partial charge in [-0.15, -0.1) is 0 Å². The summed E-state index contributed by atoms with van der Waals surface area (Å²) in [5, 5.41) is 11.5. The van der Waals surface area contributed by atoms with Crippen LogP contribution in [-0.2, 0) is 11.3 Å². The minimum absolute atomic E-state index is 0.0450. The largest absolute Gasteiger partial charge is 0.481 e. The minimum atomic E-state index is -0.878. The van der Waals surface area contributed by atoms with Crippen LogP contribution >= 0.6 is 23.5 Å². The van der Waals surface area contributed by atoms with E-state index < -0.39 is 5.97 Å². The SMILES string of the molecule is CSN(C)Cc1cc(C(CC(=O)O)c2ccc(N(C)N)c(N)c2)ccc1Cl. The number of carboxylic acids is 1. The Hall–Kier alpha value is -1.93. The van der Waals surface area contributed by atoms with Gasteiger partial charge in [0.2, 0.25) is 0 Å². The lowest BCUT2D eigenvalue weighted by Crippen LogP contribution is -2.26. The van der Waals surface area contributed by atoms with E-state index in [1.807, 2.05) is 37.6 Å². The number of nitrogens with zero attached hydrogens (tertiary/aromatic N) is 2. The molecule has 6 nitrogen and oxygen atoms in total. The second kappa shape index (κ2) is 9.32. The lowest BCUT2D eigenvalue weighted by atomic mass is 9.87. The Morgan fingerprint density at radius 2 is 1.85 bits per heavy atom. The fourth-order valence-corrected chi connectivity index (χ4v) is 3.40. The lowest BCUT2D eigenvalue weighted by molar-refractivity contribution is -0.137. The topological polar surface area (TPSA) is 95.8 Å². The summed E-state index contributed by atoms with van der Waals surface area (Å²) in [5.74, 6) is 4.55. The predicted molar refractivity (Wildman–Crippen MR) is 114 cm³/mol. The number of halogens is 1. The van der Waals surface area contributed by atoms with E-state index in [0.717, 1.165) is 16.7 Å². The highest BCUT2D eigenvalue weighted by Crippen LogP contribution is 2.34. The van der Waals surface area contributed by atoms with Crippen molar-refractivity contribution in [2.75, 3.05) is 31.1 Å². The number of hydrazine groups is 1. The zero-order valence-corrected chi connectivity index (χ0v) is 17.2. The van der Waals surface area contributed by atoms with Gasteiger partial charge in [-0.3, -0.25) is 4.79 Å².